The van der Waals surface area contributed by atoms with E-state index in [1.807, 2.05) is 12.1 Å². The maximum Gasteiger partial charge on any atom is 0.330 e. The Labute approximate surface area is 134 Å². The first kappa shape index (κ1) is 18.3. The average Bonchev–Trinajstić information content (AvgIpc) is 2.53. The van der Waals surface area contributed by atoms with Crippen molar-refractivity contribution in [2.24, 2.45) is 0 Å². The van der Waals surface area contributed by atoms with Gasteiger partial charge in [0, 0.05) is 11.6 Å². The molecule has 0 saturated carbocycles. The SMILES string of the molecule is C=CC(=O)OCc1c(O)cccc1CCCCCCCCC. The number of carbonyl (C=O) groups excluding carboxylic acids is 1. The van der Waals surface area contributed by atoms with Crippen LogP contribution in [0.1, 0.15) is 63.0 Å². The van der Waals surface area contributed by atoms with Crippen molar-refractivity contribution < 1.29 is 14.6 Å². The van der Waals surface area contributed by atoms with Crippen LogP contribution in [-0.4, -0.2) is 11.1 Å². The Bertz CT molecular complexity index is 466. The topological polar surface area (TPSA) is 46.5 Å². The molecule has 0 aliphatic heterocycles. The highest BCUT2D eigenvalue weighted by molar-refractivity contribution is 5.81. The summed E-state index contributed by atoms with van der Waals surface area (Å²) in [7, 11) is 0. The molecule has 0 saturated heterocycles. The minimum absolute atomic E-state index is 0.101. The van der Waals surface area contributed by atoms with Crippen LogP contribution in [0, 0.1) is 0 Å². The standard InChI is InChI=1S/C19H28O3/c1-3-5-6-7-8-9-10-12-16-13-11-14-18(20)17(16)15-22-19(21)4-2/h4,11,13-14,20H,2-3,5-10,12,15H2,1H3. The number of aryl methyl sites for hydroxylation is 1. The lowest BCUT2D eigenvalue weighted by molar-refractivity contribution is -0.139. The van der Waals surface area contributed by atoms with Crippen molar-refractivity contribution in [1.29, 1.82) is 0 Å². The van der Waals surface area contributed by atoms with Crippen LogP contribution in [0.2, 0.25) is 0 Å². The zero-order valence-corrected chi connectivity index (χ0v) is 13.6. The van der Waals surface area contributed by atoms with Crippen LogP contribution in [0.3, 0.4) is 0 Å². The fraction of sp³-hybridized carbons (Fsp3) is 0.526. The Kier molecular flexibility index (Phi) is 9.04. The zero-order chi connectivity index (χ0) is 16.2. The molecule has 0 radical (unpaired) electrons. The number of rotatable bonds is 11. The molecule has 22 heavy (non-hydrogen) atoms. The van der Waals surface area contributed by atoms with Crippen LogP contribution in [0.4, 0.5) is 0 Å². The van der Waals surface area contributed by atoms with Crippen LogP contribution in [0.25, 0.3) is 0 Å². The number of unbranched alkanes of at least 4 members (excludes halogenated alkanes) is 6. The van der Waals surface area contributed by atoms with Crippen LogP contribution in [-0.2, 0) is 22.6 Å². The van der Waals surface area contributed by atoms with Crippen LogP contribution >= 0.6 is 0 Å². The fourth-order valence-electron chi connectivity index (χ4n) is 2.50. The van der Waals surface area contributed by atoms with E-state index in [-0.39, 0.29) is 12.4 Å². The van der Waals surface area contributed by atoms with E-state index in [0.717, 1.165) is 24.5 Å². The van der Waals surface area contributed by atoms with E-state index < -0.39 is 5.97 Å². The molecule has 0 aromatic heterocycles. The number of hydrogen-bond donors (Lipinski definition) is 1. The largest absolute Gasteiger partial charge is 0.508 e. The molecule has 0 aliphatic rings. The highest BCUT2D eigenvalue weighted by Gasteiger charge is 2.09. The number of carbonyl (C=O) groups is 1. The lowest BCUT2D eigenvalue weighted by Gasteiger charge is -2.11. The Morgan fingerprint density at radius 3 is 2.55 bits per heavy atom. The number of esters is 1. The fourth-order valence-corrected chi connectivity index (χ4v) is 2.50. The van der Waals surface area contributed by atoms with Crippen molar-refractivity contribution in [1.82, 2.24) is 0 Å². The average molecular weight is 304 g/mol. The molecule has 0 spiro atoms. The van der Waals surface area contributed by atoms with Gasteiger partial charge in [-0.25, -0.2) is 4.79 Å². The van der Waals surface area contributed by atoms with E-state index in [0.29, 0.717) is 5.56 Å². The van der Waals surface area contributed by atoms with Gasteiger partial charge in [0.2, 0.25) is 0 Å². The lowest BCUT2D eigenvalue weighted by atomic mass is 10.00. The minimum atomic E-state index is -0.467. The molecule has 0 bridgehead atoms. The molecule has 122 valence electrons. The summed E-state index contributed by atoms with van der Waals surface area (Å²) in [6.45, 7) is 5.70. The lowest BCUT2D eigenvalue weighted by Crippen LogP contribution is -2.03. The summed E-state index contributed by atoms with van der Waals surface area (Å²) in [6.07, 6.45) is 10.8. The van der Waals surface area contributed by atoms with E-state index >= 15 is 0 Å². The summed E-state index contributed by atoms with van der Waals surface area (Å²) in [5, 5.41) is 9.96. The highest BCUT2D eigenvalue weighted by atomic mass is 16.5. The van der Waals surface area contributed by atoms with Gasteiger partial charge >= 0.3 is 5.97 Å². The number of phenolic OH excluding ortho intramolecular Hbond substituents is 1. The summed E-state index contributed by atoms with van der Waals surface area (Å²) < 4.78 is 5.05. The number of hydrogen-bond acceptors (Lipinski definition) is 3. The quantitative estimate of drug-likeness (QED) is 0.359. The van der Waals surface area contributed by atoms with Gasteiger partial charge in [-0.15, -0.1) is 0 Å². The number of aromatic hydroxyl groups is 1. The smallest absolute Gasteiger partial charge is 0.330 e. The minimum Gasteiger partial charge on any atom is -0.508 e. The molecule has 0 aliphatic carbocycles. The van der Waals surface area contributed by atoms with Gasteiger partial charge in [-0.1, -0.05) is 64.2 Å². The van der Waals surface area contributed by atoms with Gasteiger partial charge in [-0.3, -0.25) is 0 Å². The van der Waals surface area contributed by atoms with Gasteiger partial charge in [-0.05, 0) is 24.5 Å². The Morgan fingerprint density at radius 2 is 1.86 bits per heavy atom. The Hall–Kier alpha value is -1.77. The third-order valence-electron chi connectivity index (χ3n) is 3.82. The Balaban J connectivity index is 2.43. The second-order valence-electron chi connectivity index (χ2n) is 5.60. The van der Waals surface area contributed by atoms with Crippen molar-refractivity contribution in [2.75, 3.05) is 0 Å². The number of benzene rings is 1. The predicted molar refractivity (Wildman–Crippen MR) is 89.8 cm³/mol. The van der Waals surface area contributed by atoms with Gasteiger partial charge in [-0.2, -0.15) is 0 Å². The summed E-state index contributed by atoms with van der Waals surface area (Å²) >= 11 is 0. The summed E-state index contributed by atoms with van der Waals surface area (Å²) in [5.41, 5.74) is 1.77. The first-order chi connectivity index (χ1) is 10.7. The van der Waals surface area contributed by atoms with Gasteiger partial charge < -0.3 is 9.84 Å². The molecule has 0 amide bonds. The van der Waals surface area contributed by atoms with Gasteiger partial charge in [0.1, 0.15) is 12.4 Å². The van der Waals surface area contributed by atoms with Crippen molar-refractivity contribution in [3.63, 3.8) is 0 Å². The van der Waals surface area contributed by atoms with E-state index in [2.05, 4.69) is 13.5 Å². The van der Waals surface area contributed by atoms with Crippen LogP contribution < -0.4 is 0 Å². The molecule has 1 aromatic rings. The maximum absolute atomic E-state index is 11.2. The van der Waals surface area contributed by atoms with Crippen LogP contribution in [0.15, 0.2) is 30.9 Å². The van der Waals surface area contributed by atoms with Gasteiger partial charge in [0.15, 0.2) is 0 Å². The molecule has 0 heterocycles. The summed E-state index contributed by atoms with van der Waals surface area (Å²) in [6, 6.07) is 5.46. The third-order valence-corrected chi connectivity index (χ3v) is 3.82. The molecule has 3 heteroatoms. The normalized spacial score (nSPS) is 10.4. The highest BCUT2D eigenvalue weighted by Crippen LogP contribution is 2.24. The maximum atomic E-state index is 11.2. The van der Waals surface area contributed by atoms with Crippen molar-refractivity contribution in [2.45, 2.75) is 64.9 Å². The first-order valence-electron chi connectivity index (χ1n) is 8.28. The third kappa shape index (κ3) is 6.79. The molecule has 0 fully saturated rings. The van der Waals surface area contributed by atoms with E-state index in [9.17, 15) is 9.90 Å². The van der Waals surface area contributed by atoms with Crippen molar-refractivity contribution in [3.05, 3.63) is 42.0 Å². The monoisotopic (exact) mass is 304 g/mol. The predicted octanol–water partition coefficient (Wildman–Crippen LogP) is 4.91. The van der Waals surface area contributed by atoms with Gasteiger partial charge in [0.25, 0.3) is 0 Å². The molecule has 1 N–H and O–H groups in total. The van der Waals surface area contributed by atoms with E-state index in [1.54, 1.807) is 6.07 Å². The second-order valence-corrected chi connectivity index (χ2v) is 5.60. The zero-order valence-electron chi connectivity index (χ0n) is 13.6. The van der Waals surface area contributed by atoms with Crippen molar-refractivity contribution in [3.8, 4) is 5.75 Å². The molecular formula is C19H28O3. The molecule has 3 nitrogen and oxygen atoms in total. The molecule has 0 unspecified atom stereocenters. The first-order valence-corrected chi connectivity index (χ1v) is 8.28. The van der Waals surface area contributed by atoms with E-state index in [1.165, 1.54) is 38.5 Å². The molecular weight excluding hydrogens is 276 g/mol. The molecule has 1 rings (SSSR count). The summed E-state index contributed by atoms with van der Waals surface area (Å²) in [5.74, 6) is -0.276. The number of phenols is 1. The molecule has 0 atom stereocenters. The molecule has 1 aromatic carbocycles. The van der Waals surface area contributed by atoms with Crippen LogP contribution in [0.5, 0.6) is 5.75 Å². The number of ether oxygens (including phenoxy) is 1. The van der Waals surface area contributed by atoms with E-state index in [4.69, 9.17) is 4.74 Å². The van der Waals surface area contributed by atoms with Crippen molar-refractivity contribution >= 4 is 5.97 Å². The summed E-state index contributed by atoms with van der Waals surface area (Å²) in [4.78, 5) is 11.2. The van der Waals surface area contributed by atoms with Gasteiger partial charge in [0.05, 0.1) is 0 Å². The second kappa shape index (κ2) is 10.9. The Morgan fingerprint density at radius 1 is 1.18 bits per heavy atom.